The molecule has 4 atom stereocenters. The van der Waals surface area contributed by atoms with E-state index in [0.29, 0.717) is 6.61 Å². The Morgan fingerprint density at radius 3 is 2.52 bits per heavy atom. The first-order valence-electron chi connectivity index (χ1n) is 11.4. The quantitative estimate of drug-likeness (QED) is 0.494. The Morgan fingerprint density at radius 1 is 1.06 bits per heavy atom. The molecule has 2 saturated heterocycles. The molecule has 2 aromatic carbocycles. The highest BCUT2D eigenvalue weighted by Gasteiger charge is 2.57. The van der Waals surface area contributed by atoms with Crippen LogP contribution in [0.4, 0.5) is 5.69 Å². The molecule has 3 fully saturated rings. The Labute approximate surface area is 193 Å². The van der Waals surface area contributed by atoms with Gasteiger partial charge >= 0.3 is 0 Å². The van der Waals surface area contributed by atoms with Crippen molar-refractivity contribution in [3.8, 4) is 11.5 Å². The van der Waals surface area contributed by atoms with Gasteiger partial charge in [-0.25, -0.2) is 0 Å². The summed E-state index contributed by atoms with van der Waals surface area (Å²) in [5.41, 5.74) is 2.28. The largest absolute Gasteiger partial charge is 0.493 e. The van der Waals surface area contributed by atoms with Gasteiger partial charge in [0.2, 0.25) is 0 Å². The molecule has 5 rings (SSSR count). The van der Waals surface area contributed by atoms with Crippen LogP contribution in [0.3, 0.4) is 0 Å². The van der Waals surface area contributed by atoms with Crippen molar-refractivity contribution in [2.24, 2.45) is 0 Å². The normalized spacial score (nSPS) is 31.5. The number of rotatable bonds is 5. The Hall–Kier alpha value is -2.68. The first-order chi connectivity index (χ1) is 15.9. The van der Waals surface area contributed by atoms with Gasteiger partial charge in [-0.15, -0.1) is 0 Å². The summed E-state index contributed by atoms with van der Waals surface area (Å²) in [4.78, 5) is 13.0. The van der Waals surface area contributed by atoms with Crippen LogP contribution in [0, 0.1) is 10.1 Å². The first kappa shape index (κ1) is 22.1. The van der Waals surface area contributed by atoms with Gasteiger partial charge < -0.3 is 23.8 Å². The Bertz CT molecular complexity index is 1040. The van der Waals surface area contributed by atoms with Crippen molar-refractivity contribution < 1.29 is 23.9 Å². The van der Waals surface area contributed by atoms with Crippen molar-refractivity contribution in [2.45, 2.75) is 49.0 Å². The molecule has 0 aromatic heterocycles. The molecule has 2 aromatic rings. The van der Waals surface area contributed by atoms with E-state index >= 15 is 0 Å². The van der Waals surface area contributed by atoms with Crippen LogP contribution in [0.2, 0.25) is 0 Å². The molecule has 8 nitrogen and oxygen atoms in total. The lowest BCUT2D eigenvalue weighted by molar-refractivity contribution is -0.384. The summed E-state index contributed by atoms with van der Waals surface area (Å²) in [7, 11) is 5.50. The summed E-state index contributed by atoms with van der Waals surface area (Å²) in [5, 5.41) is 11.0. The van der Waals surface area contributed by atoms with Crippen molar-refractivity contribution in [3.63, 3.8) is 0 Å². The second-order valence-electron chi connectivity index (χ2n) is 9.35. The number of nitrogens with zero attached hydrogens (tertiary/aromatic N) is 2. The molecule has 1 saturated carbocycles. The summed E-state index contributed by atoms with van der Waals surface area (Å²) >= 11 is 0. The molecule has 2 aliphatic heterocycles. The van der Waals surface area contributed by atoms with E-state index in [0.717, 1.165) is 49.3 Å². The van der Waals surface area contributed by atoms with Gasteiger partial charge in [0, 0.05) is 36.4 Å². The molecule has 33 heavy (non-hydrogen) atoms. The minimum Gasteiger partial charge on any atom is -0.493 e. The average molecular weight is 455 g/mol. The zero-order valence-electron chi connectivity index (χ0n) is 19.3. The van der Waals surface area contributed by atoms with E-state index in [-0.39, 0.29) is 28.2 Å². The maximum Gasteiger partial charge on any atom is 0.269 e. The molecule has 1 aliphatic carbocycles. The lowest BCUT2D eigenvalue weighted by atomic mass is 9.64. The van der Waals surface area contributed by atoms with Crippen LogP contribution in [0.15, 0.2) is 42.5 Å². The van der Waals surface area contributed by atoms with Crippen LogP contribution < -0.4 is 9.47 Å². The molecule has 0 bridgehead atoms. The van der Waals surface area contributed by atoms with Crippen molar-refractivity contribution in [2.75, 3.05) is 34.4 Å². The SMILES string of the molecule is COc1ccc([C@]23CCN(C)C2CC2(CC3)OCC(c3ccc([N+](=O)[O-])cc3)O2)cc1OC. The van der Waals surface area contributed by atoms with E-state index in [1.807, 2.05) is 6.07 Å². The third kappa shape index (κ3) is 3.66. The molecule has 2 heterocycles. The zero-order chi connectivity index (χ0) is 23.2. The number of likely N-dealkylation sites (N-methyl/N-ethyl adjacent to an activating group) is 1. The maximum absolute atomic E-state index is 11.0. The van der Waals surface area contributed by atoms with Crippen molar-refractivity contribution in [1.29, 1.82) is 0 Å². The van der Waals surface area contributed by atoms with E-state index in [9.17, 15) is 10.1 Å². The summed E-state index contributed by atoms with van der Waals surface area (Å²) in [6.45, 7) is 1.47. The van der Waals surface area contributed by atoms with Gasteiger partial charge in [-0.05, 0) is 61.8 Å². The van der Waals surface area contributed by atoms with Crippen LogP contribution in [-0.2, 0) is 14.9 Å². The third-order valence-corrected chi connectivity index (χ3v) is 7.83. The van der Waals surface area contributed by atoms with Crippen LogP contribution in [0.1, 0.15) is 42.9 Å². The number of benzene rings is 2. The molecular formula is C25H30N2O6. The van der Waals surface area contributed by atoms with Crippen LogP contribution in [0.25, 0.3) is 0 Å². The number of ether oxygens (including phenoxy) is 4. The molecule has 0 amide bonds. The van der Waals surface area contributed by atoms with E-state index in [4.69, 9.17) is 18.9 Å². The molecule has 3 aliphatic rings. The molecule has 3 unspecified atom stereocenters. The standard InChI is InChI=1S/C25H30N2O6/c1-26-13-12-24(18-6-9-20(30-2)21(14-18)31-3)10-11-25(15-23(24)26)32-16-22(33-25)17-4-7-19(8-5-17)27(28)29/h4-9,14,22-23H,10-13,15-16H2,1-3H3/t22?,23?,24-,25?/m0/s1. The fourth-order valence-electron chi connectivity index (χ4n) is 5.97. The fraction of sp³-hybridized carbons (Fsp3) is 0.520. The van der Waals surface area contributed by atoms with Crippen molar-refractivity contribution >= 4 is 5.69 Å². The first-order valence-corrected chi connectivity index (χ1v) is 11.4. The highest BCUT2D eigenvalue weighted by atomic mass is 16.7. The Kier molecular flexibility index (Phi) is 5.55. The number of nitro groups is 1. The number of non-ortho nitro benzene ring substituents is 1. The van der Waals surface area contributed by atoms with Gasteiger partial charge in [0.05, 0.1) is 25.7 Å². The molecule has 0 radical (unpaired) electrons. The average Bonchev–Trinajstić information content (AvgIpc) is 3.41. The number of fused-ring (bicyclic) bond motifs is 1. The summed E-state index contributed by atoms with van der Waals surface area (Å²) < 4.78 is 23.9. The second-order valence-corrected chi connectivity index (χ2v) is 9.35. The van der Waals surface area contributed by atoms with Crippen LogP contribution in [0.5, 0.6) is 11.5 Å². The van der Waals surface area contributed by atoms with E-state index in [1.54, 1.807) is 26.4 Å². The highest BCUT2D eigenvalue weighted by molar-refractivity contribution is 5.46. The number of likely N-dealkylation sites (tertiary alicyclic amines) is 1. The molecule has 1 spiro atoms. The van der Waals surface area contributed by atoms with Crippen LogP contribution >= 0.6 is 0 Å². The van der Waals surface area contributed by atoms with Crippen LogP contribution in [-0.4, -0.2) is 56.1 Å². The lowest BCUT2D eigenvalue weighted by Crippen LogP contribution is -2.52. The van der Waals surface area contributed by atoms with E-state index < -0.39 is 5.79 Å². The molecule has 0 N–H and O–H groups in total. The van der Waals surface area contributed by atoms with Gasteiger partial charge in [0.1, 0.15) is 6.10 Å². The zero-order valence-corrected chi connectivity index (χ0v) is 19.3. The van der Waals surface area contributed by atoms with Crippen molar-refractivity contribution in [3.05, 3.63) is 63.7 Å². The van der Waals surface area contributed by atoms with Gasteiger partial charge in [0.15, 0.2) is 17.3 Å². The Morgan fingerprint density at radius 2 is 1.82 bits per heavy atom. The monoisotopic (exact) mass is 454 g/mol. The van der Waals surface area contributed by atoms with Gasteiger partial charge in [-0.2, -0.15) is 0 Å². The fourth-order valence-corrected chi connectivity index (χ4v) is 5.97. The second kappa shape index (κ2) is 8.27. The maximum atomic E-state index is 11.0. The molecule has 176 valence electrons. The molecule has 8 heteroatoms. The summed E-state index contributed by atoms with van der Waals surface area (Å²) in [6.07, 6.45) is 3.39. The highest BCUT2D eigenvalue weighted by Crippen LogP contribution is 2.55. The van der Waals surface area contributed by atoms with Gasteiger partial charge in [0.25, 0.3) is 5.69 Å². The predicted molar refractivity (Wildman–Crippen MR) is 122 cm³/mol. The number of nitro benzene ring substituents is 1. The van der Waals surface area contributed by atoms with E-state index in [1.165, 1.54) is 17.7 Å². The third-order valence-electron chi connectivity index (χ3n) is 7.83. The Balaban J connectivity index is 1.38. The minimum absolute atomic E-state index is 0.0116. The van der Waals surface area contributed by atoms with E-state index in [2.05, 4.69) is 24.1 Å². The lowest BCUT2D eigenvalue weighted by Gasteiger charge is -2.48. The summed E-state index contributed by atoms with van der Waals surface area (Å²) in [6, 6.07) is 13.2. The van der Waals surface area contributed by atoms with Gasteiger partial charge in [-0.3, -0.25) is 10.1 Å². The number of methoxy groups -OCH3 is 2. The molecular weight excluding hydrogens is 424 g/mol. The number of hydrogen-bond acceptors (Lipinski definition) is 7. The summed E-state index contributed by atoms with van der Waals surface area (Å²) in [5.74, 6) is 0.862. The van der Waals surface area contributed by atoms with Crippen molar-refractivity contribution in [1.82, 2.24) is 4.90 Å². The predicted octanol–water partition coefficient (Wildman–Crippen LogP) is 4.22. The topological polar surface area (TPSA) is 83.3 Å². The number of hydrogen-bond donors (Lipinski definition) is 0. The van der Waals surface area contributed by atoms with Gasteiger partial charge in [-0.1, -0.05) is 6.07 Å². The minimum atomic E-state index is -0.629. The smallest absolute Gasteiger partial charge is 0.269 e.